The van der Waals surface area contributed by atoms with Gasteiger partial charge in [-0.3, -0.25) is 9.59 Å². The number of benzene rings is 2. The van der Waals surface area contributed by atoms with Crippen molar-refractivity contribution in [2.24, 2.45) is 5.92 Å². The Bertz CT molecular complexity index is 912. The molecular formula is C23H25ClN2O4. The zero-order valence-corrected chi connectivity index (χ0v) is 17.7. The first kappa shape index (κ1) is 20.7. The van der Waals surface area contributed by atoms with Gasteiger partial charge in [0.1, 0.15) is 5.75 Å². The highest BCUT2D eigenvalue weighted by atomic mass is 35.5. The Morgan fingerprint density at radius 1 is 1.03 bits per heavy atom. The van der Waals surface area contributed by atoms with Crippen LogP contribution in [0.15, 0.2) is 48.5 Å². The maximum atomic E-state index is 13.4. The van der Waals surface area contributed by atoms with Gasteiger partial charge in [-0.05, 0) is 42.0 Å². The fourth-order valence-electron chi connectivity index (χ4n) is 4.22. The van der Waals surface area contributed by atoms with Gasteiger partial charge in [-0.25, -0.2) is 0 Å². The molecule has 0 saturated carbocycles. The van der Waals surface area contributed by atoms with Crippen LogP contribution in [0.25, 0.3) is 0 Å². The molecule has 30 heavy (non-hydrogen) atoms. The van der Waals surface area contributed by atoms with E-state index in [1.165, 1.54) is 0 Å². The number of nitrogens with zero attached hydrogens (tertiary/aromatic N) is 2. The normalized spacial score (nSPS) is 21.5. The van der Waals surface area contributed by atoms with E-state index < -0.39 is 0 Å². The highest BCUT2D eigenvalue weighted by Gasteiger charge is 2.42. The van der Waals surface area contributed by atoms with Crippen molar-refractivity contribution in [3.8, 4) is 5.75 Å². The lowest BCUT2D eigenvalue weighted by Crippen LogP contribution is -2.45. The summed E-state index contributed by atoms with van der Waals surface area (Å²) in [4.78, 5) is 30.1. The average Bonchev–Trinajstić information content (AvgIpc) is 3.25. The molecule has 2 aromatic rings. The Kier molecular flexibility index (Phi) is 6.25. The van der Waals surface area contributed by atoms with Gasteiger partial charge in [0.25, 0.3) is 5.91 Å². The fraction of sp³-hybridized carbons (Fsp3) is 0.391. The van der Waals surface area contributed by atoms with E-state index in [9.17, 15) is 9.59 Å². The van der Waals surface area contributed by atoms with Crippen LogP contribution < -0.4 is 4.74 Å². The van der Waals surface area contributed by atoms with E-state index in [1.807, 2.05) is 29.2 Å². The first-order valence-corrected chi connectivity index (χ1v) is 10.5. The van der Waals surface area contributed by atoms with E-state index in [0.29, 0.717) is 50.0 Å². The van der Waals surface area contributed by atoms with Crippen molar-refractivity contribution in [3.05, 3.63) is 64.7 Å². The number of amides is 2. The number of methoxy groups -OCH3 is 1. The number of carbonyl (C=O) groups is 2. The largest absolute Gasteiger partial charge is 0.497 e. The molecule has 2 saturated heterocycles. The van der Waals surface area contributed by atoms with Crippen molar-refractivity contribution in [3.63, 3.8) is 0 Å². The van der Waals surface area contributed by atoms with Crippen LogP contribution in [0.3, 0.4) is 0 Å². The van der Waals surface area contributed by atoms with Crippen LogP contribution >= 0.6 is 11.6 Å². The second-order valence-corrected chi connectivity index (χ2v) is 8.08. The first-order chi connectivity index (χ1) is 14.6. The van der Waals surface area contributed by atoms with Gasteiger partial charge in [0, 0.05) is 42.7 Å². The maximum Gasteiger partial charge on any atom is 0.253 e. The molecule has 0 aromatic heterocycles. The summed E-state index contributed by atoms with van der Waals surface area (Å²) in [6.45, 7) is 3.15. The summed E-state index contributed by atoms with van der Waals surface area (Å²) < 4.78 is 10.8. The van der Waals surface area contributed by atoms with Crippen molar-refractivity contribution in [1.82, 2.24) is 9.80 Å². The molecule has 0 radical (unpaired) electrons. The van der Waals surface area contributed by atoms with Gasteiger partial charge >= 0.3 is 0 Å². The number of ether oxygens (including phenoxy) is 2. The molecule has 158 valence electrons. The van der Waals surface area contributed by atoms with Crippen molar-refractivity contribution >= 4 is 23.4 Å². The summed E-state index contributed by atoms with van der Waals surface area (Å²) in [5.41, 5.74) is 1.58. The Balaban J connectivity index is 1.61. The molecule has 7 heteroatoms. The van der Waals surface area contributed by atoms with E-state index in [2.05, 4.69) is 0 Å². The molecule has 0 unspecified atom stereocenters. The number of likely N-dealkylation sites (tertiary alicyclic amines) is 1. The molecule has 4 rings (SSSR count). The second-order valence-electron chi connectivity index (χ2n) is 7.64. The standard InChI is InChI=1S/C23H25ClN2O4/c1-29-19-4-2-3-17(13-19)20-14-26(22(27)16-5-7-18(24)8-6-16)15-21(20)23(28)25-9-11-30-12-10-25/h2-8,13,20-21H,9-12,14-15H2,1H3/t20-,21+/m0/s1. The average molecular weight is 429 g/mol. The fourth-order valence-corrected chi connectivity index (χ4v) is 4.35. The maximum absolute atomic E-state index is 13.4. The third-order valence-electron chi connectivity index (χ3n) is 5.86. The molecule has 2 fully saturated rings. The van der Waals surface area contributed by atoms with Crippen LogP contribution in [0, 0.1) is 5.92 Å². The number of morpholine rings is 1. The lowest BCUT2D eigenvalue weighted by atomic mass is 9.87. The lowest BCUT2D eigenvalue weighted by molar-refractivity contribution is -0.139. The number of halogens is 1. The third kappa shape index (κ3) is 4.30. The van der Waals surface area contributed by atoms with Gasteiger partial charge < -0.3 is 19.3 Å². The summed E-state index contributed by atoms with van der Waals surface area (Å²) in [6.07, 6.45) is 0. The smallest absolute Gasteiger partial charge is 0.253 e. The molecule has 2 atom stereocenters. The summed E-state index contributed by atoms with van der Waals surface area (Å²) >= 11 is 5.96. The van der Waals surface area contributed by atoms with Gasteiger partial charge in [0.15, 0.2) is 0 Å². The minimum absolute atomic E-state index is 0.0810. The molecule has 0 N–H and O–H groups in total. The quantitative estimate of drug-likeness (QED) is 0.751. The number of hydrogen-bond donors (Lipinski definition) is 0. The van der Waals surface area contributed by atoms with Gasteiger partial charge in [-0.15, -0.1) is 0 Å². The molecule has 2 aliphatic heterocycles. The lowest BCUT2D eigenvalue weighted by Gasteiger charge is -2.30. The van der Waals surface area contributed by atoms with Gasteiger partial charge in [0.2, 0.25) is 5.91 Å². The number of rotatable bonds is 4. The third-order valence-corrected chi connectivity index (χ3v) is 6.11. The predicted molar refractivity (Wildman–Crippen MR) is 114 cm³/mol. The molecule has 2 heterocycles. The Morgan fingerprint density at radius 2 is 1.77 bits per heavy atom. The SMILES string of the molecule is COc1cccc([C@@H]2CN(C(=O)c3ccc(Cl)cc3)C[C@H]2C(=O)N2CCOCC2)c1. The van der Waals surface area contributed by atoms with Crippen LogP contribution in [-0.2, 0) is 9.53 Å². The minimum Gasteiger partial charge on any atom is -0.497 e. The molecule has 0 bridgehead atoms. The molecular weight excluding hydrogens is 404 g/mol. The van der Waals surface area contributed by atoms with Crippen LogP contribution in [0.1, 0.15) is 21.8 Å². The van der Waals surface area contributed by atoms with Crippen molar-refractivity contribution < 1.29 is 19.1 Å². The predicted octanol–water partition coefficient (Wildman–Crippen LogP) is 3.06. The van der Waals surface area contributed by atoms with Crippen LogP contribution in [0.5, 0.6) is 5.75 Å². The zero-order valence-electron chi connectivity index (χ0n) is 16.9. The van der Waals surface area contributed by atoms with E-state index in [4.69, 9.17) is 21.1 Å². The van der Waals surface area contributed by atoms with Crippen LogP contribution in [-0.4, -0.2) is 68.1 Å². The van der Waals surface area contributed by atoms with Crippen molar-refractivity contribution in [2.45, 2.75) is 5.92 Å². The topological polar surface area (TPSA) is 59.1 Å². The van der Waals surface area contributed by atoms with E-state index in [0.717, 1.165) is 11.3 Å². The molecule has 0 aliphatic carbocycles. The summed E-state index contributed by atoms with van der Waals surface area (Å²) in [5.74, 6) is 0.347. The zero-order chi connectivity index (χ0) is 21.1. The van der Waals surface area contributed by atoms with E-state index >= 15 is 0 Å². The first-order valence-electron chi connectivity index (χ1n) is 10.1. The van der Waals surface area contributed by atoms with Gasteiger partial charge in [0.05, 0.1) is 26.2 Å². The molecule has 2 aliphatic rings. The van der Waals surface area contributed by atoms with Crippen LogP contribution in [0.4, 0.5) is 0 Å². The van der Waals surface area contributed by atoms with E-state index in [1.54, 1.807) is 36.3 Å². The van der Waals surface area contributed by atoms with E-state index in [-0.39, 0.29) is 23.7 Å². The van der Waals surface area contributed by atoms with Gasteiger partial charge in [-0.2, -0.15) is 0 Å². The number of hydrogen-bond acceptors (Lipinski definition) is 4. The van der Waals surface area contributed by atoms with Crippen molar-refractivity contribution in [2.75, 3.05) is 46.5 Å². The number of carbonyl (C=O) groups excluding carboxylic acids is 2. The van der Waals surface area contributed by atoms with Crippen LogP contribution in [0.2, 0.25) is 5.02 Å². The molecule has 2 amide bonds. The monoisotopic (exact) mass is 428 g/mol. The highest BCUT2D eigenvalue weighted by molar-refractivity contribution is 6.30. The minimum atomic E-state index is -0.300. The highest BCUT2D eigenvalue weighted by Crippen LogP contribution is 2.36. The summed E-state index contributed by atoms with van der Waals surface area (Å²) in [7, 11) is 1.63. The molecule has 0 spiro atoms. The van der Waals surface area contributed by atoms with Gasteiger partial charge in [-0.1, -0.05) is 23.7 Å². The molecule has 6 nitrogen and oxygen atoms in total. The summed E-state index contributed by atoms with van der Waals surface area (Å²) in [6, 6.07) is 14.6. The Morgan fingerprint density at radius 3 is 2.47 bits per heavy atom. The van der Waals surface area contributed by atoms with Crippen molar-refractivity contribution in [1.29, 1.82) is 0 Å². The second kappa shape index (κ2) is 9.06. The Labute approximate surface area is 181 Å². The Hall–Kier alpha value is -2.57. The summed E-state index contributed by atoms with van der Waals surface area (Å²) in [5, 5.41) is 0.586. The molecule has 2 aromatic carbocycles.